The molecule has 0 aliphatic rings. The molecule has 2 rings (SSSR count). The number of ether oxygens (including phenoxy) is 2. The smallest absolute Gasteiger partial charge is 0.161 e. The Morgan fingerprint density at radius 3 is 2.70 bits per heavy atom. The van der Waals surface area contributed by atoms with Crippen molar-refractivity contribution in [1.82, 2.24) is 0 Å². The largest absolute Gasteiger partial charge is 0.493 e. The normalized spacial score (nSPS) is 10.4. The van der Waals surface area contributed by atoms with Gasteiger partial charge in [-0.05, 0) is 23.8 Å². The fraction of sp³-hybridized carbons (Fsp3) is 0.200. The Morgan fingerprint density at radius 2 is 2.00 bits per heavy atom. The Balaban J connectivity index is 2.16. The van der Waals surface area contributed by atoms with E-state index < -0.39 is 5.82 Å². The van der Waals surface area contributed by atoms with Crippen LogP contribution in [0.25, 0.3) is 0 Å². The maximum Gasteiger partial charge on any atom is 0.161 e. The van der Waals surface area contributed by atoms with E-state index in [0.717, 1.165) is 0 Å². The highest BCUT2D eigenvalue weighted by Gasteiger charge is 2.09. The minimum Gasteiger partial charge on any atom is -0.493 e. The second-order valence-electron chi connectivity index (χ2n) is 4.14. The molecular weight excluding hydrogens is 283 g/mol. The number of rotatable bonds is 5. The van der Waals surface area contributed by atoms with E-state index in [2.05, 4.69) is 0 Å². The predicted octanol–water partition coefficient (Wildman–Crippen LogP) is 3.56. The third-order valence-corrected chi connectivity index (χ3v) is 3.12. The van der Waals surface area contributed by atoms with Crippen LogP contribution >= 0.6 is 11.6 Å². The molecule has 0 amide bonds. The fourth-order valence-corrected chi connectivity index (χ4v) is 1.94. The van der Waals surface area contributed by atoms with Crippen LogP contribution in [-0.2, 0) is 13.2 Å². The summed E-state index contributed by atoms with van der Waals surface area (Å²) in [6, 6.07) is 9.81. The molecule has 0 bridgehead atoms. The van der Waals surface area contributed by atoms with Gasteiger partial charge in [0.2, 0.25) is 0 Å². The number of methoxy groups -OCH3 is 1. The Bertz CT molecular complexity index is 602. The number of aliphatic hydroxyl groups is 1. The summed E-state index contributed by atoms with van der Waals surface area (Å²) in [4.78, 5) is 0. The molecule has 0 aliphatic carbocycles. The van der Waals surface area contributed by atoms with Gasteiger partial charge in [-0.25, -0.2) is 4.39 Å². The SMILES string of the molecule is COc1cc(CO)ccc1OCc1cccc(Cl)c1F. The first-order chi connectivity index (χ1) is 9.65. The first-order valence-corrected chi connectivity index (χ1v) is 6.37. The van der Waals surface area contributed by atoms with Crippen LogP contribution in [0.5, 0.6) is 11.5 Å². The average Bonchev–Trinajstić information content (AvgIpc) is 2.48. The van der Waals surface area contributed by atoms with Gasteiger partial charge in [-0.1, -0.05) is 29.8 Å². The zero-order valence-electron chi connectivity index (χ0n) is 10.9. The summed E-state index contributed by atoms with van der Waals surface area (Å²) in [7, 11) is 1.50. The summed E-state index contributed by atoms with van der Waals surface area (Å²) in [6.45, 7) is -0.0409. The van der Waals surface area contributed by atoms with E-state index in [-0.39, 0.29) is 18.2 Å². The number of benzene rings is 2. The molecule has 0 aliphatic heterocycles. The fourth-order valence-electron chi connectivity index (χ4n) is 1.75. The summed E-state index contributed by atoms with van der Waals surface area (Å²) >= 11 is 5.71. The average molecular weight is 297 g/mol. The van der Waals surface area contributed by atoms with Gasteiger partial charge in [0, 0.05) is 5.56 Å². The molecule has 0 fully saturated rings. The summed E-state index contributed by atoms with van der Waals surface area (Å²) in [6.07, 6.45) is 0. The van der Waals surface area contributed by atoms with Crippen molar-refractivity contribution in [2.45, 2.75) is 13.2 Å². The number of hydrogen-bond donors (Lipinski definition) is 1. The quantitative estimate of drug-likeness (QED) is 0.917. The highest BCUT2D eigenvalue weighted by molar-refractivity contribution is 6.30. The van der Waals surface area contributed by atoms with Gasteiger partial charge in [0.25, 0.3) is 0 Å². The maximum atomic E-state index is 13.7. The summed E-state index contributed by atoms with van der Waals surface area (Å²) in [5, 5.41) is 9.13. The van der Waals surface area contributed by atoms with Crippen LogP contribution < -0.4 is 9.47 Å². The molecule has 0 aromatic heterocycles. The molecule has 0 saturated heterocycles. The second kappa shape index (κ2) is 6.59. The molecule has 0 radical (unpaired) electrons. The number of halogens is 2. The lowest BCUT2D eigenvalue weighted by molar-refractivity contribution is 0.272. The Hall–Kier alpha value is -1.78. The van der Waals surface area contributed by atoms with Crippen LogP contribution in [0.1, 0.15) is 11.1 Å². The van der Waals surface area contributed by atoms with Crippen LogP contribution in [-0.4, -0.2) is 12.2 Å². The van der Waals surface area contributed by atoms with E-state index in [1.165, 1.54) is 13.2 Å². The summed E-state index contributed by atoms with van der Waals surface area (Å²) in [5.74, 6) is 0.475. The molecule has 5 heteroatoms. The number of hydrogen-bond acceptors (Lipinski definition) is 3. The van der Waals surface area contributed by atoms with E-state index in [1.54, 1.807) is 30.3 Å². The maximum absolute atomic E-state index is 13.7. The van der Waals surface area contributed by atoms with E-state index in [1.807, 2.05) is 0 Å². The lowest BCUT2D eigenvalue weighted by atomic mass is 10.2. The minimum absolute atomic E-state index is 0.0429. The lowest BCUT2D eigenvalue weighted by Crippen LogP contribution is -2.01. The topological polar surface area (TPSA) is 38.7 Å². The predicted molar refractivity (Wildman–Crippen MR) is 74.7 cm³/mol. The van der Waals surface area contributed by atoms with Crippen LogP contribution in [0.15, 0.2) is 36.4 Å². The van der Waals surface area contributed by atoms with Gasteiger partial charge in [-0.3, -0.25) is 0 Å². The molecule has 0 spiro atoms. The van der Waals surface area contributed by atoms with Crippen LogP contribution in [0.3, 0.4) is 0 Å². The van der Waals surface area contributed by atoms with E-state index in [9.17, 15) is 4.39 Å². The first kappa shape index (κ1) is 14.6. The van der Waals surface area contributed by atoms with Crippen LogP contribution in [0.2, 0.25) is 5.02 Å². The molecule has 0 unspecified atom stereocenters. The monoisotopic (exact) mass is 296 g/mol. The Morgan fingerprint density at radius 1 is 1.20 bits per heavy atom. The van der Waals surface area contributed by atoms with Crippen molar-refractivity contribution >= 4 is 11.6 Å². The Kier molecular flexibility index (Phi) is 4.82. The van der Waals surface area contributed by atoms with Crippen molar-refractivity contribution in [2.75, 3.05) is 7.11 Å². The molecular formula is C15H14ClFO3. The van der Waals surface area contributed by atoms with Crippen molar-refractivity contribution in [1.29, 1.82) is 0 Å². The van der Waals surface area contributed by atoms with E-state index in [4.69, 9.17) is 26.2 Å². The third kappa shape index (κ3) is 3.21. The Labute approximate surface area is 121 Å². The standard InChI is InChI=1S/C15H14ClFO3/c1-19-14-7-10(8-18)5-6-13(14)20-9-11-3-2-4-12(16)15(11)17/h2-7,18H,8-9H2,1H3. The van der Waals surface area contributed by atoms with E-state index in [0.29, 0.717) is 22.6 Å². The molecule has 2 aromatic rings. The van der Waals surface area contributed by atoms with Gasteiger partial charge in [0.15, 0.2) is 11.5 Å². The van der Waals surface area contributed by atoms with Crippen LogP contribution in [0, 0.1) is 5.82 Å². The number of aliphatic hydroxyl groups excluding tert-OH is 1. The van der Waals surface area contributed by atoms with Crippen molar-refractivity contribution in [3.63, 3.8) is 0 Å². The molecule has 2 aromatic carbocycles. The third-order valence-electron chi connectivity index (χ3n) is 2.83. The minimum atomic E-state index is -0.486. The molecule has 106 valence electrons. The zero-order valence-corrected chi connectivity index (χ0v) is 11.7. The van der Waals surface area contributed by atoms with Gasteiger partial charge in [0.1, 0.15) is 12.4 Å². The summed E-state index contributed by atoms with van der Waals surface area (Å²) in [5.41, 5.74) is 1.08. The van der Waals surface area contributed by atoms with Gasteiger partial charge >= 0.3 is 0 Å². The van der Waals surface area contributed by atoms with Crippen molar-refractivity contribution in [3.8, 4) is 11.5 Å². The van der Waals surface area contributed by atoms with Gasteiger partial charge in [0.05, 0.1) is 18.7 Å². The van der Waals surface area contributed by atoms with Crippen molar-refractivity contribution in [2.24, 2.45) is 0 Å². The molecule has 20 heavy (non-hydrogen) atoms. The van der Waals surface area contributed by atoms with Gasteiger partial charge < -0.3 is 14.6 Å². The first-order valence-electron chi connectivity index (χ1n) is 5.99. The molecule has 1 N–H and O–H groups in total. The van der Waals surface area contributed by atoms with Crippen molar-refractivity contribution in [3.05, 3.63) is 58.4 Å². The van der Waals surface area contributed by atoms with E-state index >= 15 is 0 Å². The molecule has 0 atom stereocenters. The lowest BCUT2D eigenvalue weighted by Gasteiger charge is -2.12. The molecule has 3 nitrogen and oxygen atoms in total. The van der Waals surface area contributed by atoms with Crippen LogP contribution in [0.4, 0.5) is 4.39 Å². The zero-order chi connectivity index (χ0) is 14.5. The highest BCUT2D eigenvalue weighted by atomic mass is 35.5. The van der Waals surface area contributed by atoms with Gasteiger partial charge in [-0.2, -0.15) is 0 Å². The highest BCUT2D eigenvalue weighted by Crippen LogP contribution is 2.29. The second-order valence-corrected chi connectivity index (χ2v) is 4.55. The van der Waals surface area contributed by atoms with Crippen molar-refractivity contribution < 1.29 is 19.0 Å². The molecule has 0 saturated carbocycles. The summed E-state index contributed by atoms with van der Waals surface area (Å²) < 4.78 is 24.4. The molecule has 0 heterocycles. The van der Waals surface area contributed by atoms with Gasteiger partial charge in [-0.15, -0.1) is 0 Å².